The van der Waals surface area contributed by atoms with Crippen molar-refractivity contribution >= 4 is 34.2 Å². The molecule has 8 heteroatoms. The van der Waals surface area contributed by atoms with Gasteiger partial charge in [0.1, 0.15) is 11.6 Å². The van der Waals surface area contributed by atoms with Crippen molar-refractivity contribution in [2.24, 2.45) is 11.8 Å². The summed E-state index contributed by atoms with van der Waals surface area (Å²) in [4.78, 5) is 37.4. The molecule has 7 nitrogen and oxygen atoms in total. The van der Waals surface area contributed by atoms with Gasteiger partial charge in [-0.15, -0.1) is 10.2 Å². The van der Waals surface area contributed by atoms with Crippen molar-refractivity contribution in [1.82, 2.24) is 15.1 Å². The number of aryl methyl sites for hydroxylation is 1. The summed E-state index contributed by atoms with van der Waals surface area (Å²) in [5.74, 6) is -1.55. The quantitative estimate of drug-likeness (QED) is 0.656. The van der Waals surface area contributed by atoms with Crippen LogP contribution < -0.4 is 5.32 Å². The SMILES string of the molecule is Cc1nnc(NC(=O)CN2C(=O)C3CC=CCC3C2=O)s1. The lowest BCUT2D eigenvalue weighted by Gasteiger charge is -2.14. The summed E-state index contributed by atoms with van der Waals surface area (Å²) in [6, 6.07) is 0. The van der Waals surface area contributed by atoms with Gasteiger partial charge in [-0.2, -0.15) is 0 Å². The van der Waals surface area contributed by atoms with E-state index in [1.54, 1.807) is 6.92 Å². The molecule has 2 heterocycles. The van der Waals surface area contributed by atoms with Crippen molar-refractivity contribution in [1.29, 1.82) is 0 Å². The molecule has 2 aliphatic rings. The molecule has 21 heavy (non-hydrogen) atoms. The van der Waals surface area contributed by atoms with Gasteiger partial charge < -0.3 is 0 Å². The first-order chi connectivity index (χ1) is 10.1. The number of hydrogen-bond donors (Lipinski definition) is 1. The zero-order valence-electron chi connectivity index (χ0n) is 11.4. The zero-order valence-corrected chi connectivity index (χ0v) is 12.2. The first kappa shape index (κ1) is 13.9. The first-order valence-corrected chi connectivity index (χ1v) is 7.48. The van der Waals surface area contributed by atoms with Crippen LogP contribution in [0.3, 0.4) is 0 Å². The van der Waals surface area contributed by atoms with Crippen molar-refractivity contribution in [3.05, 3.63) is 17.2 Å². The number of hydrogen-bond acceptors (Lipinski definition) is 6. The molecule has 1 saturated heterocycles. The summed E-state index contributed by atoms with van der Waals surface area (Å²) in [6.07, 6.45) is 4.98. The number of imide groups is 1. The number of nitrogens with zero attached hydrogens (tertiary/aromatic N) is 3. The molecule has 3 amide bonds. The molecule has 2 unspecified atom stereocenters. The van der Waals surface area contributed by atoms with Crippen molar-refractivity contribution in [2.75, 3.05) is 11.9 Å². The molecular formula is C13H14N4O3S. The molecule has 110 valence electrons. The Morgan fingerprint density at radius 2 is 1.90 bits per heavy atom. The first-order valence-electron chi connectivity index (χ1n) is 6.66. The molecule has 1 N–H and O–H groups in total. The van der Waals surface area contributed by atoms with Crippen molar-refractivity contribution in [2.45, 2.75) is 19.8 Å². The Hall–Kier alpha value is -2.09. The van der Waals surface area contributed by atoms with E-state index in [-0.39, 0.29) is 30.2 Å². The second-order valence-corrected chi connectivity index (χ2v) is 6.27. The maximum absolute atomic E-state index is 12.2. The second kappa shape index (κ2) is 5.36. The van der Waals surface area contributed by atoms with Crippen LogP contribution in [0, 0.1) is 18.8 Å². The fraction of sp³-hybridized carbons (Fsp3) is 0.462. The average molecular weight is 306 g/mol. The van der Waals surface area contributed by atoms with E-state index < -0.39 is 5.91 Å². The number of rotatable bonds is 3. The van der Waals surface area contributed by atoms with Crippen LogP contribution in [0.4, 0.5) is 5.13 Å². The van der Waals surface area contributed by atoms with E-state index in [1.807, 2.05) is 12.2 Å². The van der Waals surface area contributed by atoms with Gasteiger partial charge >= 0.3 is 0 Å². The van der Waals surface area contributed by atoms with Crippen molar-refractivity contribution in [3.8, 4) is 0 Å². The maximum Gasteiger partial charge on any atom is 0.246 e. The highest BCUT2D eigenvalue weighted by Gasteiger charge is 2.47. The van der Waals surface area contributed by atoms with Gasteiger partial charge in [-0.3, -0.25) is 24.6 Å². The topological polar surface area (TPSA) is 92.3 Å². The van der Waals surface area contributed by atoms with Crippen molar-refractivity contribution < 1.29 is 14.4 Å². The third-order valence-corrected chi connectivity index (χ3v) is 4.43. The van der Waals surface area contributed by atoms with E-state index in [1.165, 1.54) is 11.3 Å². The Balaban J connectivity index is 1.66. The molecular weight excluding hydrogens is 292 g/mol. The predicted molar refractivity (Wildman–Crippen MR) is 75.3 cm³/mol. The smallest absolute Gasteiger partial charge is 0.246 e. The van der Waals surface area contributed by atoms with Crippen LogP contribution >= 0.6 is 11.3 Å². The number of fused-ring (bicyclic) bond motifs is 1. The third kappa shape index (κ3) is 2.58. The van der Waals surface area contributed by atoms with E-state index in [9.17, 15) is 14.4 Å². The number of allylic oxidation sites excluding steroid dienone is 2. The van der Waals surface area contributed by atoms with Crippen molar-refractivity contribution in [3.63, 3.8) is 0 Å². The third-order valence-electron chi connectivity index (χ3n) is 3.67. The van der Waals surface area contributed by atoms with E-state index in [4.69, 9.17) is 0 Å². The molecule has 1 aliphatic carbocycles. The van der Waals surface area contributed by atoms with Crippen LogP contribution in [0.25, 0.3) is 0 Å². The number of nitrogens with one attached hydrogen (secondary N) is 1. The molecule has 0 radical (unpaired) electrons. The van der Waals surface area contributed by atoms with Crippen LogP contribution in [0.2, 0.25) is 0 Å². The lowest BCUT2D eigenvalue weighted by atomic mass is 9.85. The summed E-state index contributed by atoms with van der Waals surface area (Å²) in [5.41, 5.74) is 0. The highest BCUT2D eigenvalue weighted by atomic mass is 32.1. The summed E-state index contributed by atoms with van der Waals surface area (Å²) in [5, 5.41) is 11.2. The van der Waals surface area contributed by atoms with Gasteiger partial charge in [0.15, 0.2) is 0 Å². The highest BCUT2D eigenvalue weighted by Crippen LogP contribution is 2.34. The minimum Gasteiger partial charge on any atom is -0.299 e. The maximum atomic E-state index is 12.2. The fourth-order valence-electron chi connectivity index (χ4n) is 2.67. The van der Waals surface area contributed by atoms with Crippen LogP contribution in [0.15, 0.2) is 12.2 Å². The normalized spacial score (nSPS) is 24.3. The second-order valence-electron chi connectivity index (χ2n) is 5.09. The Morgan fingerprint density at radius 1 is 1.29 bits per heavy atom. The Labute approximate surface area is 125 Å². The molecule has 1 aromatic heterocycles. The molecule has 0 saturated carbocycles. The van der Waals surface area contributed by atoms with Gasteiger partial charge in [-0.05, 0) is 19.8 Å². The molecule has 0 spiro atoms. The lowest BCUT2D eigenvalue weighted by molar-refractivity contribution is -0.142. The van der Waals surface area contributed by atoms with Crippen LogP contribution in [0.1, 0.15) is 17.8 Å². The largest absolute Gasteiger partial charge is 0.299 e. The van der Waals surface area contributed by atoms with Crippen LogP contribution in [-0.2, 0) is 14.4 Å². The summed E-state index contributed by atoms with van der Waals surface area (Å²) < 4.78 is 0. The molecule has 2 atom stereocenters. The van der Waals surface area contributed by atoms with Gasteiger partial charge in [0, 0.05) is 0 Å². The Kier molecular flexibility index (Phi) is 3.54. The number of amides is 3. The molecule has 0 bridgehead atoms. The summed E-state index contributed by atoms with van der Waals surface area (Å²) >= 11 is 1.24. The molecule has 1 aromatic rings. The highest BCUT2D eigenvalue weighted by molar-refractivity contribution is 7.15. The molecule has 1 fully saturated rings. The molecule has 0 aromatic carbocycles. The minimum atomic E-state index is -0.431. The minimum absolute atomic E-state index is 0.252. The van der Waals surface area contributed by atoms with Crippen LogP contribution in [-0.4, -0.2) is 39.4 Å². The van der Waals surface area contributed by atoms with E-state index >= 15 is 0 Å². The standard InChI is InChI=1S/C13H14N4O3S/c1-7-15-16-13(21-7)14-10(18)6-17-11(19)8-4-2-3-5-9(8)12(17)20/h2-3,8-9H,4-6H2,1H3,(H,14,16,18). The van der Waals surface area contributed by atoms with Gasteiger partial charge in [0.25, 0.3) is 0 Å². The number of anilines is 1. The number of carbonyl (C=O) groups is 3. The Morgan fingerprint density at radius 3 is 2.43 bits per heavy atom. The average Bonchev–Trinajstić information content (AvgIpc) is 2.97. The zero-order chi connectivity index (χ0) is 15.0. The van der Waals surface area contributed by atoms with E-state index in [0.717, 1.165) is 9.91 Å². The van der Waals surface area contributed by atoms with Crippen LogP contribution in [0.5, 0.6) is 0 Å². The van der Waals surface area contributed by atoms with E-state index in [0.29, 0.717) is 18.0 Å². The number of carbonyl (C=O) groups excluding carboxylic acids is 3. The fourth-order valence-corrected chi connectivity index (χ4v) is 3.28. The monoisotopic (exact) mass is 306 g/mol. The van der Waals surface area contributed by atoms with Gasteiger partial charge in [-0.1, -0.05) is 23.5 Å². The lowest BCUT2D eigenvalue weighted by Crippen LogP contribution is -2.38. The molecule has 3 rings (SSSR count). The number of aromatic nitrogens is 2. The van der Waals surface area contributed by atoms with Gasteiger partial charge in [-0.25, -0.2) is 0 Å². The number of likely N-dealkylation sites (tertiary alicyclic amines) is 1. The Bertz CT molecular complexity index is 613. The summed E-state index contributed by atoms with van der Waals surface area (Å²) in [6.45, 7) is 1.52. The van der Waals surface area contributed by atoms with Gasteiger partial charge in [0.05, 0.1) is 11.8 Å². The predicted octanol–water partition coefficient (Wildman–Crippen LogP) is 0.736. The van der Waals surface area contributed by atoms with Gasteiger partial charge in [0.2, 0.25) is 22.9 Å². The summed E-state index contributed by atoms with van der Waals surface area (Å²) in [7, 11) is 0. The van der Waals surface area contributed by atoms with E-state index in [2.05, 4.69) is 15.5 Å². The molecule has 1 aliphatic heterocycles.